The summed E-state index contributed by atoms with van der Waals surface area (Å²) in [5.74, 6) is 1.25. The quantitative estimate of drug-likeness (QED) is 0.727. The maximum atomic E-state index is 9.24. The second kappa shape index (κ2) is 7.70. The van der Waals surface area contributed by atoms with Crippen LogP contribution < -0.4 is 10.6 Å². The topological polar surface area (TPSA) is 86.5 Å². The Bertz CT molecular complexity index is 827. The average molecular weight is 316 g/mol. The lowest BCUT2D eigenvalue weighted by Crippen LogP contribution is -2.07. The molecular formula is C18H16N6. The number of hydrogen-bond acceptors (Lipinski definition) is 6. The zero-order chi connectivity index (χ0) is 16.6. The Balaban J connectivity index is 1.69. The minimum absolute atomic E-state index is 0.505. The van der Waals surface area contributed by atoms with Gasteiger partial charge in [-0.25, -0.2) is 4.98 Å². The lowest BCUT2D eigenvalue weighted by atomic mass is 10.2. The molecule has 118 valence electrons. The minimum atomic E-state index is 0.505. The monoisotopic (exact) mass is 316 g/mol. The van der Waals surface area contributed by atoms with Crippen molar-refractivity contribution in [2.45, 2.75) is 13.1 Å². The van der Waals surface area contributed by atoms with Crippen LogP contribution in [0.5, 0.6) is 0 Å². The molecule has 3 aromatic rings. The first-order chi connectivity index (χ1) is 11.8. The molecule has 0 radical (unpaired) electrons. The second-order valence-electron chi connectivity index (χ2n) is 5.13. The SMILES string of the molecule is N#Cc1ccc(NCc2cccnc2)nc1NCc1cccnc1. The first kappa shape index (κ1) is 15.4. The first-order valence-corrected chi connectivity index (χ1v) is 7.52. The van der Waals surface area contributed by atoms with Crippen LogP contribution in [0.4, 0.5) is 11.6 Å². The first-order valence-electron chi connectivity index (χ1n) is 7.52. The van der Waals surface area contributed by atoms with Gasteiger partial charge < -0.3 is 10.6 Å². The molecule has 0 spiro atoms. The number of hydrogen-bond donors (Lipinski definition) is 2. The van der Waals surface area contributed by atoms with E-state index in [2.05, 4.69) is 31.7 Å². The Hall–Kier alpha value is -3.46. The smallest absolute Gasteiger partial charge is 0.146 e. The lowest BCUT2D eigenvalue weighted by Gasteiger charge is -2.11. The summed E-state index contributed by atoms with van der Waals surface area (Å²) in [5, 5.41) is 15.7. The number of nitrogens with zero attached hydrogens (tertiary/aromatic N) is 4. The van der Waals surface area contributed by atoms with Gasteiger partial charge in [0.25, 0.3) is 0 Å². The van der Waals surface area contributed by atoms with E-state index in [0.29, 0.717) is 30.3 Å². The van der Waals surface area contributed by atoms with Crippen molar-refractivity contribution in [1.29, 1.82) is 5.26 Å². The molecule has 6 heteroatoms. The molecule has 3 heterocycles. The van der Waals surface area contributed by atoms with Crippen LogP contribution >= 0.6 is 0 Å². The van der Waals surface area contributed by atoms with Crippen molar-refractivity contribution in [3.63, 3.8) is 0 Å². The molecule has 6 nitrogen and oxygen atoms in total. The number of anilines is 2. The molecule has 0 saturated carbocycles. The molecular weight excluding hydrogens is 300 g/mol. The van der Waals surface area contributed by atoms with Crippen LogP contribution in [0, 0.1) is 11.3 Å². The summed E-state index contributed by atoms with van der Waals surface area (Å²) < 4.78 is 0. The van der Waals surface area contributed by atoms with Crippen LogP contribution in [0.2, 0.25) is 0 Å². The fourth-order valence-electron chi connectivity index (χ4n) is 2.17. The van der Waals surface area contributed by atoms with E-state index in [1.165, 1.54) is 0 Å². The molecule has 0 aromatic carbocycles. The molecule has 3 rings (SSSR count). The van der Waals surface area contributed by atoms with E-state index >= 15 is 0 Å². The van der Waals surface area contributed by atoms with Gasteiger partial charge in [-0.15, -0.1) is 0 Å². The molecule has 0 aliphatic heterocycles. The third-order valence-corrected chi connectivity index (χ3v) is 3.39. The molecule has 0 atom stereocenters. The highest BCUT2D eigenvalue weighted by Gasteiger charge is 2.06. The van der Waals surface area contributed by atoms with Crippen molar-refractivity contribution in [3.05, 3.63) is 77.9 Å². The van der Waals surface area contributed by atoms with Crippen molar-refractivity contribution < 1.29 is 0 Å². The van der Waals surface area contributed by atoms with Gasteiger partial charge in [-0.3, -0.25) is 9.97 Å². The summed E-state index contributed by atoms with van der Waals surface area (Å²) in [4.78, 5) is 12.6. The Kier molecular flexibility index (Phi) is 4.95. The van der Waals surface area contributed by atoms with Gasteiger partial charge in [-0.05, 0) is 35.4 Å². The summed E-state index contributed by atoms with van der Waals surface area (Å²) in [6, 6.07) is 13.4. The highest BCUT2D eigenvalue weighted by molar-refractivity contribution is 5.56. The Morgan fingerprint density at radius 3 is 2.12 bits per heavy atom. The molecule has 0 amide bonds. The Morgan fingerprint density at radius 2 is 1.54 bits per heavy atom. The average Bonchev–Trinajstić information content (AvgIpc) is 2.66. The van der Waals surface area contributed by atoms with Gasteiger partial charge in [0.2, 0.25) is 0 Å². The van der Waals surface area contributed by atoms with Gasteiger partial charge >= 0.3 is 0 Å². The molecule has 0 saturated heterocycles. The predicted molar refractivity (Wildman–Crippen MR) is 92.1 cm³/mol. The van der Waals surface area contributed by atoms with Crippen molar-refractivity contribution in [2.75, 3.05) is 10.6 Å². The Morgan fingerprint density at radius 1 is 0.875 bits per heavy atom. The highest BCUT2D eigenvalue weighted by Crippen LogP contribution is 2.17. The molecule has 0 unspecified atom stereocenters. The fraction of sp³-hybridized carbons (Fsp3) is 0.111. The third kappa shape index (κ3) is 4.05. The fourth-order valence-corrected chi connectivity index (χ4v) is 2.17. The number of aromatic nitrogens is 3. The van der Waals surface area contributed by atoms with E-state index in [9.17, 15) is 5.26 Å². The maximum absolute atomic E-state index is 9.24. The van der Waals surface area contributed by atoms with Gasteiger partial charge in [-0.2, -0.15) is 5.26 Å². The molecule has 3 aromatic heterocycles. The van der Waals surface area contributed by atoms with Crippen LogP contribution in [0.25, 0.3) is 0 Å². The normalized spacial score (nSPS) is 9.96. The van der Waals surface area contributed by atoms with E-state index in [-0.39, 0.29) is 0 Å². The Labute approximate surface area is 140 Å². The summed E-state index contributed by atoms with van der Waals surface area (Å²) in [5.41, 5.74) is 2.59. The van der Waals surface area contributed by atoms with Gasteiger partial charge in [0, 0.05) is 37.9 Å². The van der Waals surface area contributed by atoms with Crippen LogP contribution in [-0.4, -0.2) is 15.0 Å². The van der Waals surface area contributed by atoms with Gasteiger partial charge in [0.15, 0.2) is 0 Å². The minimum Gasteiger partial charge on any atom is -0.366 e. The molecule has 0 bridgehead atoms. The summed E-state index contributed by atoms with van der Waals surface area (Å²) in [7, 11) is 0. The van der Waals surface area contributed by atoms with E-state index in [1.54, 1.807) is 36.9 Å². The molecule has 0 aliphatic rings. The summed E-state index contributed by atoms with van der Waals surface area (Å²) in [6.45, 7) is 1.18. The van der Waals surface area contributed by atoms with Crippen molar-refractivity contribution >= 4 is 11.6 Å². The standard InChI is InChI=1S/C18H16N6/c19-9-16-5-6-17(22-12-14-3-1-7-20-10-14)24-18(16)23-13-15-4-2-8-21-11-15/h1-8,10-11H,12-13H2,(H2,22,23,24). The van der Waals surface area contributed by atoms with E-state index < -0.39 is 0 Å². The van der Waals surface area contributed by atoms with E-state index in [0.717, 1.165) is 11.1 Å². The second-order valence-corrected chi connectivity index (χ2v) is 5.13. The van der Waals surface area contributed by atoms with Crippen LogP contribution in [-0.2, 0) is 13.1 Å². The molecule has 0 aliphatic carbocycles. The lowest BCUT2D eigenvalue weighted by molar-refractivity contribution is 1.06. The van der Waals surface area contributed by atoms with Gasteiger partial charge in [0.05, 0.1) is 5.56 Å². The van der Waals surface area contributed by atoms with E-state index in [1.807, 2.05) is 24.3 Å². The maximum Gasteiger partial charge on any atom is 0.146 e. The van der Waals surface area contributed by atoms with Crippen molar-refractivity contribution in [2.24, 2.45) is 0 Å². The highest BCUT2D eigenvalue weighted by atomic mass is 15.1. The van der Waals surface area contributed by atoms with Gasteiger partial charge in [0.1, 0.15) is 17.7 Å². The number of nitrogens with one attached hydrogen (secondary N) is 2. The molecule has 2 N–H and O–H groups in total. The predicted octanol–water partition coefficient (Wildman–Crippen LogP) is 2.97. The third-order valence-electron chi connectivity index (χ3n) is 3.39. The van der Waals surface area contributed by atoms with Gasteiger partial charge in [-0.1, -0.05) is 12.1 Å². The van der Waals surface area contributed by atoms with Crippen molar-refractivity contribution in [1.82, 2.24) is 15.0 Å². The zero-order valence-electron chi connectivity index (χ0n) is 13.0. The van der Waals surface area contributed by atoms with Crippen LogP contribution in [0.3, 0.4) is 0 Å². The molecule has 0 fully saturated rings. The number of rotatable bonds is 6. The van der Waals surface area contributed by atoms with E-state index in [4.69, 9.17) is 0 Å². The summed E-state index contributed by atoms with van der Waals surface area (Å²) in [6.07, 6.45) is 7.05. The number of pyridine rings is 3. The molecule has 24 heavy (non-hydrogen) atoms. The zero-order valence-corrected chi connectivity index (χ0v) is 13.0. The van der Waals surface area contributed by atoms with Crippen molar-refractivity contribution in [3.8, 4) is 6.07 Å². The largest absolute Gasteiger partial charge is 0.366 e. The summed E-state index contributed by atoms with van der Waals surface area (Å²) >= 11 is 0. The van der Waals surface area contributed by atoms with Crippen LogP contribution in [0.15, 0.2) is 61.2 Å². The van der Waals surface area contributed by atoms with Crippen LogP contribution in [0.1, 0.15) is 16.7 Å². The number of nitriles is 1.